The molecule has 0 saturated carbocycles. The van der Waals surface area contributed by atoms with E-state index in [2.05, 4.69) is 31.1 Å². The molecule has 0 aliphatic heterocycles. The third-order valence-electron chi connectivity index (χ3n) is 5.06. The Morgan fingerprint density at radius 2 is 1.70 bits per heavy atom. The first-order valence-electron chi connectivity index (χ1n) is 11.0. The molecular weight excluding hydrogens is 441 g/mol. The van der Waals surface area contributed by atoms with Crippen LogP contribution >= 0.6 is 11.3 Å². The van der Waals surface area contributed by atoms with Crippen LogP contribution in [0.4, 0.5) is 4.39 Å². The van der Waals surface area contributed by atoms with Crippen LogP contribution in [0.15, 0.2) is 47.6 Å². The molecule has 0 aliphatic rings. The molecule has 3 rings (SSSR count). The zero-order valence-corrected chi connectivity index (χ0v) is 20.0. The van der Waals surface area contributed by atoms with E-state index in [0.29, 0.717) is 24.9 Å². The van der Waals surface area contributed by atoms with Crippen LogP contribution in [0.5, 0.6) is 11.5 Å². The number of halogens is 1. The van der Waals surface area contributed by atoms with Gasteiger partial charge in [0.2, 0.25) is 0 Å². The molecule has 6 nitrogen and oxygen atoms in total. The minimum absolute atomic E-state index is 0.0390. The molecule has 3 N–H and O–H groups in total. The Morgan fingerprint density at radius 3 is 2.30 bits per heavy atom. The fraction of sp³-hybridized carbons (Fsp3) is 0.360. The molecule has 0 saturated heterocycles. The maximum atomic E-state index is 13.9. The lowest BCUT2D eigenvalue weighted by Gasteiger charge is -2.09. The van der Waals surface area contributed by atoms with Crippen molar-refractivity contribution in [2.45, 2.75) is 46.0 Å². The zero-order valence-electron chi connectivity index (χ0n) is 19.2. The van der Waals surface area contributed by atoms with Crippen LogP contribution in [0.25, 0.3) is 11.3 Å². The van der Waals surface area contributed by atoms with Gasteiger partial charge in [0.15, 0.2) is 5.84 Å². The summed E-state index contributed by atoms with van der Waals surface area (Å²) in [5.41, 5.74) is 7.63. The lowest BCUT2D eigenvalue weighted by molar-refractivity contribution is 0.279. The first kappa shape index (κ1) is 24.5. The monoisotopic (exact) mass is 471 g/mol. The predicted octanol–water partition coefficient (Wildman–Crippen LogP) is 6.10. The third kappa shape index (κ3) is 6.68. The summed E-state index contributed by atoms with van der Waals surface area (Å²) in [6.45, 7) is 7.52. The number of nitrogens with two attached hydrogens (primary N) is 1. The summed E-state index contributed by atoms with van der Waals surface area (Å²) in [5, 5.41) is 12.5. The van der Waals surface area contributed by atoms with Crippen molar-refractivity contribution in [1.82, 2.24) is 4.98 Å². The molecule has 0 unspecified atom stereocenters. The van der Waals surface area contributed by atoms with Gasteiger partial charge in [-0.3, -0.25) is 0 Å². The van der Waals surface area contributed by atoms with Gasteiger partial charge in [0.25, 0.3) is 0 Å². The van der Waals surface area contributed by atoms with E-state index in [9.17, 15) is 4.39 Å². The number of aromatic nitrogens is 1. The molecule has 0 spiro atoms. The average molecular weight is 472 g/mol. The van der Waals surface area contributed by atoms with Crippen molar-refractivity contribution < 1.29 is 19.1 Å². The number of oxime groups is 1. The van der Waals surface area contributed by atoms with Gasteiger partial charge in [-0.15, -0.1) is 11.3 Å². The molecule has 0 fully saturated rings. The van der Waals surface area contributed by atoms with E-state index in [0.717, 1.165) is 41.3 Å². The van der Waals surface area contributed by atoms with E-state index in [4.69, 9.17) is 25.4 Å². The summed E-state index contributed by atoms with van der Waals surface area (Å²) in [4.78, 5) is 6.01. The Hall–Kier alpha value is -3.13. The Labute approximate surface area is 197 Å². The quantitative estimate of drug-likeness (QED) is 0.116. The Morgan fingerprint density at radius 1 is 1.06 bits per heavy atom. The number of rotatable bonds is 11. The third-order valence-corrected chi connectivity index (χ3v) is 6.33. The SMILES string of the molecule is Cc1nc(-c2ccc(OCCCCCOc3ccc(/C(N)=N\O)c(F)c3)cc2)c(C(C)C)s1. The Bertz CT molecular complexity index is 1080. The topological polar surface area (TPSA) is 90.0 Å². The number of unbranched alkanes of at least 4 members (excludes halogenated alkanes) is 2. The maximum Gasteiger partial charge on any atom is 0.173 e. The lowest BCUT2D eigenvalue weighted by atomic mass is 10.1. The van der Waals surface area contributed by atoms with Gasteiger partial charge in [0.1, 0.15) is 17.3 Å². The van der Waals surface area contributed by atoms with E-state index in [-0.39, 0.29) is 11.4 Å². The molecule has 1 aromatic heterocycles. The first-order valence-corrected chi connectivity index (χ1v) is 11.8. The van der Waals surface area contributed by atoms with Crippen LogP contribution in [0.2, 0.25) is 0 Å². The first-order chi connectivity index (χ1) is 15.9. The van der Waals surface area contributed by atoms with Crippen molar-refractivity contribution in [3.05, 3.63) is 63.7 Å². The predicted molar refractivity (Wildman–Crippen MR) is 130 cm³/mol. The standard InChI is InChI=1S/C25H30FN3O3S/c1-16(2)24-23(28-17(3)33-24)18-7-9-19(10-8-18)31-13-5-4-6-14-32-20-11-12-21(22(26)15-20)25(27)29-30/h7-12,15-16,30H,4-6,13-14H2,1-3H3,(H2,27,29). The summed E-state index contributed by atoms with van der Waals surface area (Å²) in [5.74, 6) is 0.840. The van der Waals surface area contributed by atoms with Crippen LogP contribution in [0.3, 0.4) is 0 Å². The molecule has 3 aromatic rings. The van der Waals surface area contributed by atoms with Crippen LogP contribution < -0.4 is 15.2 Å². The van der Waals surface area contributed by atoms with Gasteiger partial charge in [-0.25, -0.2) is 9.37 Å². The maximum absolute atomic E-state index is 13.9. The number of aryl methyl sites for hydroxylation is 1. The van der Waals surface area contributed by atoms with Crippen LogP contribution in [-0.4, -0.2) is 29.2 Å². The fourth-order valence-corrected chi connectivity index (χ4v) is 4.31. The summed E-state index contributed by atoms with van der Waals surface area (Å²) < 4.78 is 25.4. The molecule has 0 atom stereocenters. The molecule has 2 aromatic carbocycles. The van der Waals surface area contributed by atoms with E-state index in [1.807, 2.05) is 19.1 Å². The molecule has 8 heteroatoms. The largest absolute Gasteiger partial charge is 0.494 e. The van der Waals surface area contributed by atoms with E-state index in [1.165, 1.54) is 17.0 Å². The highest BCUT2D eigenvalue weighted by Gasteiger charge is 2.14. The van der Waals surface area contributed by atoms with Crippen LogP contribution in [0.1, 0.15) is 54.5 Å². The second-order valence-electron chi connectivity index (χ2n) is 8.01. The van der Waals surface area contributed by atoms with E-state index in [1.54, 1.807) is 17.4 Å². The number of amidine groups is 1. The molecule has 0 amide bonds. The summed E-state index contributed by atoms with van der Waals surface area (Å²) >= 11 is 1.76. The van der Waals surface area contributed by atoms with E-state index < -0.39 is 5.82 Å². The molecule has 33 heavy (non-hydrogen) atoms. The summed E-state index contributed by atoms with van der Waals surface area (Å²) in [6, 6.07) is 12.4. The van der Waals surface area contributed by atoms with Crippen molar-refractivity contribution in [1.29, 1.82) is 0 Å². The smallest absolute Gasteiger partial charge is 0.173 e. The van der Waals surface area contributed by atoms with Gasteiger partial charge in [-0.05, 0) is 68.5 Å². The zero-order chi connectivity index (χ0) is 23.8. The highest BCUT2D eigenvalue weighted by Crippen LogP contribution is 2.34. The van der Waals surface area contributed by atoms with Crippen molar-refractivity contribution in [3.63, 3.8) is 0 Å². The minimum Gasteiger partial charge on any atom is -0.494 e. The molecule has 176 valence electrons. The van der Waals surface area contributed by atoms with Crippen molar-refractivity contribution in [2.24, 2.45) is 10.9 Å². The summed E-state index contributed by atoms with van der Waals surface area (Å²) in [6.07, 6.45) is 2.65. The minimum atomic E-state index is -0.590. The van der Waals surface area contributed by atoms with Crippen LogP contribution in [0, 0.1) is 12.7 Å². The van der Waals surface area contributed by atoms with Gasteiger partial charge in [0, 0.05) is 16.5 Å². The van der Waals surface area contributed by atoms with Crippen molar-refractivity contribution in [2.75, 3.05) is 13.2 Å². The highest BCUT2D eigenvalue weighted by atomic mass is 32.1. The number of hydrogen-bond acceptors (Lipinski definition) is 6. The van der Waals surface area contributed by atoms with Gasteiger partial charge >= 0.3 is 0 Å². The van der Waals surface area contributed by atoms with Gasteiger partial charge in [0.05, 0.1) is 29.5 Å². The van der Waals surface area contributed by atoms with Crippen LogP contribution in [-0.2, 0) is 0 Å². The molecule has 0 aliphatic carbocycles. The highest BCUT2D eigenvalue weighted by molar-refractivity contribution is 7.12. The molecule has 1 heterocycles. The van der Waals surface area contributed by atoms with Gasteiger partial charge in [-0.2, -0.15) is 0 Å². The second kappa shape index (κ2) is 11.7. The number of benzene rings is 2. The number of thiazole rings is 1. The van der Waals surface area contributed by atoms with Crippen molar-refractivity contribution >= 4 is 17.2 Å². The molecule has 0 bridgehead atoms. The number of nitrogens with zero attached hydrogens (tertiary/aromatic N) is 2. The van der Waals surface area contributed by atoms with Gasteiger partial charge in [-0.1, -0.05) is 19.0 Å². The number of ether oxygens (including phenoxy) is 2. The number of hydrogen-bond donors (Lipinski definition) is 2. The molecular formula is C25H30FN3O3S. The Kier molecular flexibility index (Phi) is 8.65. The van der Waals surface area contributed by atoms with Gasteiger partial charge < -0.3 is 20.4 Å². The Balaban J connectivity index is 1.37. The summed E-state index contributed by atoms with van der Waals surface area (Å²) in [7, 11) is 0. The second-order valence-corrected chi connectivity index (χ2v) is 9.24. The average Bonchev–Trinajstić information content (AvgIpc) is 3.20. The van der Waals surface area contributed by atoms with Crippen molar-refractivity contribution in [3.8, 4) is 22.8 Å². The fourth-order valence-electron chi connectivity index (χ4n) is 3.36. The molecule has 0 radical (unpaired) electrons. The lowest BCUT2D eigenvalue weighted by Crippen LogP contribution is -2.15. The van der Waals surface area contributed by atoms with E-state index >= 15 is 0 Å². The normalized spacial score (nSPS) is 11.7.